The highest BCUT2D eigenvalue weighted by Crippen LogP contribution is 2.27. The number of hydrogen-bond acceptors (Lipinski definition) is 6. The standard InChI is InChI=1S/C13H16FN3O4S/c14-12-7-10(17(18)19)1-2-13(12)16-4-3-15-5-6-22(20,21)9-11(15)8-16/h1-2,7,11H,3-6,8-9H2/t11-/m0/s1. The van der Waals surface area contributed by atoms with E-state index < -0.39 is 20.6 Å². The van der Waals surface area contributed by atoms with Crippen molar-refractivity contribution in [2.45, 2.75) is 6.04 Å². The number of nitro groups is 1. The first-order chi connectivity index (χ1) is 10.4. The van der Waals surface area contributed by atoms with Gasteiger partial charge in [0.05, 0.1) is 28.2 Å². The molecule has 3 rings (SSSR count). The summed E-state index contributed by atoms with van der Waals surface area (Å²) in [5.74, 6) is -0.394. The lowest BCUT2D eigenvalue weighted by Crippen LogP contribution is -2.59. The maximum absolute atomic E-state index is 14.1. The zero-order valence-corrected chi connectivity index (χ0v) is 12.6. The first-order valence-electron chi connectivity index (χ1n) is 6.99. The second-order valence-corrected chi connectivity index (χ2v) is 7.87. The third-order valence-electron chi connectivity index (χ3n) is 4.22. The molecule has 2 aliphatic rings. The molecule has 0 N–H and O–H groups in total. The number of non-ortho nitro benzene ring substituents is 1. The van der Waals surface area contributed by atoms with E-state index in [1.165, 1.54) is 12.1 Å². The first kappa shape index (κ1) is 15.2. The van der Waals surface area contributed by atoms with E-state index in [0.29, 0.717) is 26.2 Å². The molecule has 2 heterocycles. The molecule has 1 aromatic rings. The van der Waals surface area contributed by atoms with Crippen LogP contribution < -0.4 is 4.90 Å². The van der Waals surface area contributed by atoms with Gasteiger partial charge in [0.1, 0.15) is 0 Å². The summed E-state index contributed by atoms with van der Waals surface area (Å²) in [4.78, 5) is 13.9. The van der Waals surface area contributed by atoms with Crippen molar-refractivity contribution in [3.63, 3.8) is 0 Å². The van der Waals surface area contributed by atoms with Crippen LogP contribution in [0, 0.1) is 15.9 Å². The second-order valence-electron chi connectivity index (χ2n) is 5.64. The minimum atomic E-state index is -3.04. The molecule has 2 fully saturated rings. The van der Waals surface area contributed by atoms with Crippen molar-refractivity contribution < 1.29 is 17.7 Å². The Bertz CT molecular complexity index is 709. The van der Waals surface area contributed by atoms with E-state index in [1.807, 2.05) is 0 Å². The Morgan fingerprint density at radius 1 is 1.27 bits per heavy atom. The number of nitro benzene ring substituents is 1. The van der Waals surface area contributed by atoms with Crippen molar-refractivity contribution >= 4 is 21.2 Å². The van der Waals surface area contributed by atoms with Gasteiger partial charge in [0, 0.05) is 38.3 Å². The number of sulfone groups is 1. The van der Waals surface area contributed by atoms with Crippen LogP contribution in [0.4, 0.5) is 15.8 Å². The molecule has 9 heteroatoms. The normalized spacial score (nSPS) is 24.8. The minimum absolute atomic E-state index is 0.0814. The van der Waals surface area contributed by atoms with Crippen LogP contribution in [0.3, 0.4) is 0 Å². The van der Waals surface area contributed by atoms with Gasteiger partial charge >= 0.3 is 0 Å². The van der Waals surface area contributed by atoms with E-state index in [4.69, 9.17) is 0 Å². The number of piperazine rings is 1. The van der Waals surface area contributed by atoms with Crippen LogP contribution in [0.15, 0.2) is 18.2 Å². The average molecular weight is 329 g/mol. The maximum atomic E-state index is 14.1. The summed E-state index contributed by atoms with van der Waals surface area (Å²) in [6.07, 6.45) is 0. The number of nitrogens with zero attached hydrogens (tertiary/aromatic N) is 3. The van der Waals surface area contributed by atoms with Crippen LogP contribution in [-0.2, 0) is 9.84 Å². The van der Waals surface area contributed by atoms with Crippen LogP contribution in [0.2, 0.25) is 0 Å². The molecule has 120 valence electrons. The molecule has 0 radical (unpaired) electrons. The molecule has 1 aromatic carbocycles. The Labute approximate surface area is 127 Å². The van der Waals surface area contributed by atoms with Gasteiger partial charge in [-0.15, -0.1) is 0 Å². The molecule has 0 unspecified atom stereocenters. The van der Waals surface area contributed by atoms with E-state index >= 15 is 0 Å². The number of anilines is 1. The van der Waals surface area contributed by atoms with Crippen molar-refractivity contribution in [1.29, 1.82) is 0 Å². The molecule has 0 spiro atoms. The molecule has 2 aliphatic heterocycles. The van der Waals surface area contributed by atoms with E-state index in [1.54, 1.807) is 4.90 Å². The lowest BCUT2D eigenvalue weighted by Gasteiger charge is -2.44. The summed E-state index contributed by atoms with van der Waals surface area (Å²) in [7, 11) is -3.04. The van der Waals surface area contributed by atoms with Gasteiger partial charge in [-0.05, 0) is 6.07 Å². The summed E-state index contributed by atoms with van der Waals surface area (Å²) >= 11 is 0. The van der Waals surface area contributed by atoms with Crippen LogP contribution in [0.25, 0.3) is 0 Å². The lowest BCUT2D eigenvalue weighted by atomic mass is 10.1. The molecule has 0 bridgehead atoms. The predicted octanol–water partition coefficient (Wildman–Crippen LogP) is 0.653. The number of hydrogen-bond donors (Lipinski definition) is 0. The number of fused-ring (bicyclic) bond motifs is 1. The smallest absolute Gasteiger partial charge is 0.272 e. The molecular weight excluding hydrogens is 313 g/mol. The summed E-state index contributed by atoms with van der Waals surface area (Å²) in [6.45, 7) is 2.17. The topological polar surface area (TPSA) is 83.8 Å². The summed E-state index contributed by atoms with van der Waals surface area (Å²) < 4.78 is 37.6. The van der Waals surface area contributed by atoms with Gasteiger partial charge < -0.3 is 4.90 Å². The zero-order chi connectivity index (χ0) is 15.9. The van der Waals surface area contributed by atoms with Crippen LogP contribution in [0.5, 0.6) is 0 Å². The number of halogens is 1. The zero-order valence-electron chi connectivity index (χ0n) is 11.8. The first-order valence-corrected chi connectivity index (χ1v) is 8.81. The Balaban J connectivity index is 1.80. The van der Waals surface area contributed by atoms with Gasteiger partial charge in [-0.3, -0.25) is 15.0 Å². The molecule has 0 saturated carbocycles. The summed E-state index contributed by atoms with van der Waals surface area (Å²) in [5, 5.41) is 10.7. The van der Waals surface area contributed by atoms with E-state index in [9.17, 15) is 22.9 Å². The fourth-order valence-corrected chi connectivity index (χ4v) is 4.64. The minimum Gasteiger partial charge on any atom is -0.366 e. The van der Waals surface area contributed by atoms with Crippen molar-refractivity contribution in [3.8, 4) is 0 Å². The van der Waals surface area contributed by atoms with Gasteiger partial charge in [-0.1, -0.05) is 0 Å². The monoisotopic (exact) mass is 329 g/mol. The van der Waals surface area contributed by atoms with Crippen molar-refractivity contribution in [3.05, 3.63) is 34.1 Å². The molecule has 2 saturated heterocycles. The van der Waals surface area contributed by atoms with Gasteiger partial charge in [-0.2, -0.15) is 0 Å². The number of benzene rings is 1. The highest BCUT2D eigenvalue weighted by molar-refractivity contribution is 7.91. The third-order valence-corrected chi connectivity index (χ3v) is 5.92. The fourth-order valence-electron chi connectivity index (χ4n) is 3.06. The van der Waals surface area contributed by atoms with Gasteiger partial charge in [0.25, 0.3) is 5.69 Å². The summed E-state index contributed by atoms with van der Waals surface area (Å²) in [5.41, 5.74) is -0.00616. The molecular formula is C13H16FN3O4S. The molecule has 0 aromatic heterocycles. The van der Waals surface area contributed by atoms with E-state index in [-0.39, 0.29) is 28.9 Å². The van der Waals surface area contributed by atoms with E-state index in [0.717, 1.165) is 6.07 Å². The Morgan fingerprint density at radius 3 is 2.73 bits per heavy atom. The molecule has 0 aliphatic carbocycles. The fraction of sp³-hybridized carbons (Fsp3) is 0.538. The van der Waals surface area contributed by atoms with E-state index in [2.05, 4.69) is 4.90 Å². The summed E-state index contributed by atoms with van der Waals surface area (Å²) in [6, 6.07) is 3.41. The van der Waals surface area contributed by atoms with Crippen LogP contribution >= 0.6 is 0 Å². The Hall–Kier alpha value is -1.74. The predicted molar refractivity (Wildman–Crippen MR) is 79.3 cm³/mol. The Morgan fingerprint density at radius 2 is 2.05 bits per heavy atom. The molecule has 0 amide bonds. The number of rotatable bonds is 2. The maximum Gasteiger partial charge on any atom is 0.272 e. The lowest BCUT2D eigenvalue weighted by molar-refractivity contribution is -0.385. The van der Waals surface area contributed by atoms with Crippen molar-refractivity contribution in [1.82, 2.24) is 4.90 Å². The second kappa shape index (κ2) is 5.47. The highest BCUT2D eigenvalue weighted by atomic mass is 32.2. The quantitative estimate of drug-likeness (QED) is 0.585. The van der Waals surface area contributed by atoms with Gasteiger partial charge in [-0.25, -0.2) is 12.8 Å². The van der Waals surface area contributed by atoms with Crippen molar-refractivity contribution in [2.75, 3.05) is 42.6 Å². The molecule has 7 nitrogen and oxygen atoms in total. The average Bonchev–Trinajstić information content (AvgIpc) is 2.45. The van der Waals surface area contributed by atoms with Gasteiger partial charge in [0.2, 0.25) is 0 Å². The van der Waals surface area contributed by atoms with Crippen LogP contribution in [-0.4, -0.2) is 62.0 Å². The third kappa shape index (κ3) is 2.91. The van der Waals surface area contributed by atoms with Crippen molar-refractivity contribution in [2.24, 2.45) is 0 Å². The Kier molecular flexibility index (Phi) is 3.77. The molecule has 1 atom stereocenters. The molecule has 22 heavy (non-hydrogen) atoms. The van der Waals surface area contributed by atoms with Crippen LogP contribution in [0.1, 0.15) is 0 Å². The largest absolute Gasteiger partial charge is 0.366 e. The SMILES string of the molecule is O=[N+]([O-])c1ccc(N2CCN3CCS(=O)(=O)C[C@@H]3C2)c(F)c1. The van der Waals surface area contributed by atoms with Gasteiger partial charge in [0.15, 0.2) is 15.7 Å². The highest BCUT2D eigenvalue weighted by Gasteiger charge is 2.35.